The lowest BCUT2D eigenvalue weighted by Gasteiger charge is -2.23. The summed E-state index contributed by atoms with van der Waals surface area (Å²) in [6.07, 6.45) is 8.68. The van der Waals surface area contributed by atoms with Gasteiger partial charge in [0.25, 0.3) is 0 Å². The molecule has 2 aromatic carbocycles. The van der Waals surface area contributed by atoms with E-state index in [1.807, 2.05) is 18.2 Å². The van der Waals surface area contributed by atoms with Crippen molar-refractivity contribution in [3.63, 3.8) is 0 Å². The molecule has 0 amide bonds. The van der Waals surface area contributed by atoms with Crippen LogP contribution in [0.3, 0.4) is 0 Å². The van der Waals surface area contributed by atoms with Crippen LogP contribution < -0.4 is 4.74 Å². The van der Waals surface area contributed by atoms with E-state index in [0.29, 0.717) is 12.5 Å². The van der Waals surface area contributed by atoms with Gasteiger partial charge >= 0.3 is 0 Å². The Balaban J connectivity index is 1.71. The van der Waals surface area contributed by atoms with E-state index >= 15 is 0 Å². The highest BCUT2D eigenvalue weighted by molar-refractivity contribution is 6.31. The van der Waals surface area contributed by atoms with Crippen molar-refractivity contribution in [2.24, 2.45) is 0 Å². The average molecular weight is 336 g/mol. The van der Waals surface area contributed by atoms with Crippen molar-refractivity contribution in [3.05, 3.63) is 64.3 Å². The predicted molar refractivity (Wildman–Crippen MR) is 98.9 cm³/mol. The molecular formula is C21H18ClNO. The summed E-state index contributed by atoms with van der Waals surface area (Å²) >= 11 is 6.19. The van der Waals surface area contributed by atoms with E-state index in [4.69, 9.17) is 22.8 Å². The third-order valence-corrected chi connectivity index (χ3v) is 5.01. The Morgan fingerprint density at radius 1 is 1.21 bits per heavy atom. The van der Waals surface area contributed by atoms with Gasteiger partial charge in [-0.25, -0.2) is 0 Å². The molecule has 0 radical (unpaired) electrons. The zero-order chi connectivity index (χ0) is 16.5. The van der Waals surface area contributed by atoms with Crippen molar-refractivity contribution in [1.82, 2.24) is 4.98 Å². The number of nitrogens with one attached hydrogen (secondary N) is 1. The van der Waals surface area contributed by atoms with E-state index < -0.39 is 0 Å². The van der Waals surface area contributed by atoms with Crippen LogP contribution in [0.15, 0.2) is 42.5 Å². The number of hydrogen-bond acceptors (Lipinski definition) is 1. The van der Waals surface area contributed by atoms with Crippen LogP contribution in [0.25, 0.3) is 10.9 Å². The van der Waals surface area contributed by atoms with Crippen LogP contribution in [0, 0.1) is 12.3 Å². The van der Waals surface area contributed by atoms with Gasteiger partial charge in [-0.05, 0) is 60.7 Å². The zero-order valence-electron chi connectivity index (χ0n) is 13.3. The molecule has 1 N–H and O–H groups in total. The number of aromatic nitrogens is 1. The maximum atomic E-state index is 6.19. The molecule has 24 heavy (non-hydrogen) atoms. The number of terminal acetylenes is 1. The summed E-state index contributed by atoms with van der Waals surface area (Å²) in [7, 11) is 0. The van der Waals surface area contributed by atoms with E-state index in [0.717, 1.165) is 23.6 Å². The summed E-state index contributed by atoms with van der Waals surface area (Å²) in [6.45, 7) is 0.301. The van der Waals surface area contributed by atoms with Crippen LogP contribution in [0.1, 0.15) is 35.6 Å². The molecule has 0 saturated heterocycles. The minimum atomic E-state index is 0.301. The number of fused-ring (bicyclic) bond motifs is 3. The maximum absolute atomic E-state index is 6.19. The Morgan fingerprint density at radius 3 is 2.83 bits per heavy atom. The number of H-pyrrole nitrogens is 1. The minimum absolute atomic E-state index is 0.301. The molecule has 1 aromatic heterocycles. The lowest BCUT2D eigenvalue weighted by Crippen LogP contribution is -2.10. The Kier molecular flexibility index (Phi) is 3.96. The van der Waals surface area contributed by atoms with Crippen LogP contribution >= 0.6 is 11.6 Å². The second-order valence-electron chi connectivity index (χ2n) is 6.21. The maximum Gasteiger partial charge on any atom is 0.148 e. The Labute approximate surface area is 146 Å². The van der Waals surface area contributed by atoms with Gasteiger partial charge in [0.2, 0.25) is 0 Å². The molecule has 3 heteroatoms. The second-order valence-corrected chi connectivity index (χ2v) is 6.65. The van der Waals surface area contributed by atoms with E-state index in [-0.39, 0.29) is 0 Å². The van der Waals surface area contributed by atoms with Crippen molar-refractivity contribution >= 4 is 22.5 Å². The summed E-state index contributed by atoms with van der Waals surface area (Å²) in [5.74, 6) is 3.69. The van der Waals surface area contributed by atoms with Gasteiger partial charge in [0, 0.05) is 27.5 Å². The van der Waals surface area contributed by atoms with Crippen LogP contribution in [-0.2, 0) is 6.42 Å². The Hall–Kier alpha value is -2.37. The number of aromatic amines is 1. The highest BCUT2D eigenvalue weighted by atomic mass is 35.5. The van der Waals surface area contributed by atoms with E-state index in [9.17, 15) is 0 Å². The van der Waals surface area contributed by atoms with Crippen molar-refractivity contribution in [3.8, 4) is 18.1 Å². The third kappa shape index (κ3) is 2.66. The molecular weight excluding hydrogens is 318 g/mol. The average Bonchev–Trinajstić information content (AvgIpc) is 2.98. The smallest absolute Gasteiger partial charge is 0.148 e. The van der Waals surface area contributed by atoms with Gasteiger partial charge in [-0.3, -0.25) is 0 Å². The van der Waals surface area contributed by atoms with E-state index in [1.54, 1.807) is 0 Å². The van der Waals surface area contributed by atoms with Gasteiger partial charge in [-0.15, -0.1) is 6.42 Å². The molecule has 2 nitrogen and oxygen atoms in total. The van der Waals surface area contributed by atoms with Crippen LogP contribution in [0.5, 0.6) is 5.75 Å². The molecule has 120 valence electrons. The molecule has 0 fully saturated rings. The third-order valence-electron chi connectivity index (χ3n) is 4.77. The number of ether oxygens (including phenoxy) is 1. The summed E-state index contributed by atoms with van der Waals surface area (Å²) in [5.41, 5.74) is 5.22. The minimum Gasteiger partial charge on any atom is -0.481 e. The molecule has 1 aliphatic carbocycles. The molecule has 1 aliphatic rings. The Bertz CT molecular complexity index is 917. The summed E-state index contributed by atoms with van der Waals surface area (Å²) in [5, 5.41) is 2.05. The van der Waals surface area contributed by atoms with Gasteiger partial charge in [-0.2, -0.15) is 0 Å². The molecule has 0 aliphatic heterocycles. The summed E-state index contributed by atoms with van der Waals surface area (Å²) < 4.78 is 5.47. The first-order chi connectivity index (χ1) is 11.8. The van der Waals surface area contributed by atoms with Crippen LogP contribution in [0.4, 0.5) is 0 Å². The fraction of sp³-hybridized carbons (Fsp3) is 0.238. The lowest BCUT2D eigenvalue weighted by molar-refractivity contribution is 0.370. The molecule has 4 rings (SSSR count). The van der Waals surface area contributed by atoms with Crippen molar-refractivity contribution in [2.75, 3.05) is 6.61 Å². The molecule has 1 unspecified atom stereocenters. The number of rotatable bonds is 3. The molecule has 0 saturated carbocycles. The molecule has 0 bridgehead atoms. The van der Waals surface area contributed by atoms with Gasteiger partial charge in [0.1, 0.15) is 12.4 Å². The molecule has 1 atom stereocenters. The first-order valence-corrected chi connectivity index (χ1v) is 8.60. The highest BCUT2D eigenvalue weighted by Crippen LogP contribution is 2.40. The van der Waals surface area contributed by atoms with Crippen LogP contribution in [-0.4, -0.2) is 11.6 Å². The topological polar surface area (TPSA) is 25.0 Å². The van der Waals surface area contributed by atoms with E-state index in [2.05, 4.69) is 35.2 Å². The highest BCUT2D eigenvalue weighted by Gasteiger charge is 2.25. The number of halogens is 1. The van der Waals surface area contributed by atoms with Gasteiger partial charge < -0.3 is 9.72 Å². The number of hydrogen-bond donors (Lipinski definition) is 1. The fourth-order valence-corrected chi connectivity index (χ4v) is 3.86. The largest absolute Gasteiger partial charge is 0.481 e. The summed E-state index contributed by atoms with van der Waals surface area (Å²) in [4.78, 5) is 3.62. The first kappa shape index (κ1) is 15.2. The zero-order valence-corrected chi connectivity index (χ0v) is 14.1. The van der Waals surface area contributed by atoms with Crippen molar-refractivity contribution in [1.29, 1.82) is 0 Å². The van der Waals surface area contributed by atoms with Gasteiger partial charge in [-0.1, -0.05) is 29.7 Å². The lowest BCUT2D eigenvalue weighted by atomic mass is 9.82. The monoisotopic (exact) mass is 335 g/mol. The first-order valence-electron chi connectivity index (χ1n) is 8.22. The number of benzene rings is 2. The van der Waals surface area contributed by atoms with Crippen molar-refractivity contribution in [2.45, 2.75) is 25.2 Å². The predicted octanol–water partition coefficient (Wildman–Crippen LogP) is 5.30. The van der Waals surface area contributed by atoms with E-state index in [1.165, 1.54) is 34.1 Å². The van der Waals surface area contributed by atoms with Gasteiger partial charge in [0.05, 0.1) is 0 Å². The molecule has 3 aromatic rings. The standard InChI is InChI=1S/C21H18ClNO/c1-2-12-24-16-9-6-14(7-10-16)17-4-3-5-18-19-13-15(22)8-11-20(19)23-21(17)18/h1,6-11,13,17,23H,3-5,12H2. The SMILES string of the molecule is C#CCOc1ccc(C2CCCc3c2[nH]c2ccc(Cl)cc32)cc1. The van der Waals surface area contributed by atoms with Crippen LogP contribution in [0.2, 0.25) is 5.02 Å². The molecule has 0 spiro atoms. The van der Waals surface area contributed by atoms with Gasteiger partial charge in [0.15, 0.2) is 0 Å². The fourth-order valence-electron chi connectivity index (χ4n) is 3.69. The Morgan fingerprint density at radius 2 is 2.04 bits per heavy atom. The van der Waals surface area contributed by atoms with Crippen molar-refractivity contribution < 1.29 is 4.74 Å². The number of aryl methyl sites for hydroxylation is 1. The quantitative estimate of drug-likeness (QED) is 0.645. The second kappa shape index (κ2) is 6.26. The normalized spacial score (nSPS) is 16.6. The molecule has 1 heterocycles. The summed E-state index contributed by atoms with van der Waals surface area (Å²) in [6, 6.07) is 14.4.